The summed E-state index contributed by atoms with van der Waals surface area (Å²) >= 11 is 0. The topological polar surface area (TPSA) is 9.23 Å². The minimum absolute atomic E-state index is 0. The van der Waals surface area contributed by atoms with E-state index in [0.717, 1.165) is 21.7 Å². The Hall–Kier alpha value is -1.87. The fourth-order valence-corrected chi connectivity index (χ4v) is 2.82. The number of allylic oxidation sites excluding steroid dienone is 7. The summed E-state index contributed by atoms with van der Waals surface area (Å²) in [7, 11) is 0.750. The summed E-state index contributed by atoms with van der Waals surface area (Å²) < 4.78 is 5.87. The zero-order valence-electron chi connectivity index (χ0n) is 21.5. The van der Waals surface area contributed by atoms with Gasteiger partial charge in [0.2, 0.25) is 0 Å². The first-order valence-corrected chi connectivity index (χ1v) is 13.7. The Bertz CT molecular complexity index is 888. The van der Waals surface area contributed by atoms with E-state index in [-0.39, 0.29) is 21.7 Å². The molecular weight excluding hydrogens is 452 g/mol. The quantitative estimate of drug-likeness (QED) is 0.231. The van der Waals surface area contributed by atoms with Crippen molar-refractivity contribution in [2.24, 2.45) is 5.41 Å². The minimum Gasteiger partial charge on any atom is -0.489 e. The second-order valence-electron chi connectivity index (χ2n) is 8.71. The fraction of sp³-hybridized carbons (Fsp3) is 0.333. The van der Waals surface area contributed by atoms with E-state index in [9.17, 15) is 0 Å². The number of rotatable bonds is 5. The predicted octanol–water partition coefficient (Wildman–Crippen LogP) is 8.35. The Morgan fingerprint density at radius 1 is 1.00 bits per heavy atom. The maximum atomic E-state index is 5.87. The first-order valence-electron chi connectivity index (χ1n) is 11.4. The molecule has 1 radical (unpaired) electrons. The average molecular weight is 493 g/mol. The monoisotopic (exact) mass is 492 g/mol. The van der Waals surface area contributed by atoms with E-state index < -0.39 is 0 Å². The summed E-state index contributed by atoms with van der Waals surface area (Å²) in [4.78, 5) is 0. The molecule has 1 aliphatic carbocycles. The van der Waals surface area contributed by atoms with Crippen LogP contribution >= 0.6 is 0 Å². The molecule has 1 nitrogen and oxygen atoms in total. The van der Waals surface area contributed by atoms with Crippen molar-refractivity contribution in [1.82, 2.24) is 0 Å². The summed E-state index contributed by atoms with van der Waals surface area (Å²) in [6, 6.07) is 20.3. The van der Waals surface area contributed by atoms with Crippen LogP contribution in [0.1, 0.15) is 46.6 Å². The van der Waals surface area contributed by atoms with Crippen LogP contribution in [0.15, 0.2) is 96.1 Å². The Labute approximate surface area is 220 Å². The second-order valence-corrected chi connectivity index (χ2v) is 9.86. The molecule has 0 saturated carbocycles. The van der Waals surface area contributed by atoms with E-state index in [1.165, 1.54) is 22.3 Å². The molecule has 175 valence electrons. The molecule has 2 aromatic carbocycles. The molecule has 3 heteroatoms. The first-order chi connectivity index (χ1) is 15.3. The molecule has 0 aliphatic heterocycles. The van der Waals surface area contributed by atoms with Crippen molar-refractivity contribution in [3.05, 3.63) is 108 Å². The van der Waals surface area contributed by atoms with Gasteiger partial charge in [0, 0.05) is 31.2 Å². The van der Waals surface area contributed by atoms with Gasteiger partial charge in [-0.15, -0.1) is 6.42 Å². The zero-order chi connectivity index (χ0) is 23.8. The Morgan fingerprint density at radius 3 is 1.97 bits per heavy atom. The fourth-order valence-electron chi connectivity index (χ4n) is 2.82. The predicted molar refractivity (Wildman–Crippen MR) is 145 cm³/mol. The summed E-state index contributed by atoms with van der Waals surface area (Å²) in [5.74, 6) is 0.896. The van der Waals surface area contributed by atoms with Gasteiger partial charge >= 0.3 is 0 Å². The third-order valence-corrected chi connectivity index (χ3v) is 4.70. The molecule has 1 aliphatic rings. The normalized spacial score (nSPS) is 13.0. The van der Waals surface area contributed by atoms with Crippen LogP contribution in [0.25, 0.3) is 5.57 Å². The van der Waals surface area contributed by atoms with Crippen LogP contribution in [0.5, 0.6) is 5.75 Å². The molecule has 0 unspecified atom stereocenters. The Kier molecular flexibility index (Phi) is 16.6. The SMILES string of the molecule is CC(C)(C)C1=CC[C-]=C1.CC=C(C)C=C(COc1ccccc1)c1ccccc1.C[SiH]C.[Ti]. The van der Waals surface area contributed by atoms with Crippen molar-refractivity contribution in [1.29, 1.82) is 0 Å². The van der Waals surface area contributed by atoms with Crippen LogP contribution in [-0.2, 0) is 21.7 Å². The first kappa shape index (κ1) is 31.1. The van der Waals surface area contributed by atoms with Gasteiger partial charge in [-0.3, -0.25) is 6.08 Å². The van der Waals surface area contributed by atoms with Gasteiger partial charge in [-0.25, -0.2) is 6.08 Å². The van der Waals surface area contributed by atoms with E-state index in [0.29, 0.717) is 12.0 Å². The van der Waals surface area contributed by atoms with Crippen LogP contribution < -0.4 is 4.74 Å². The zero-order valence-corrected chi connectivity index (χ0v) is 24.2. The van der Waals surface area contributed by atoms with Crippen molar-refractivity contribution < 1.29 is 26.5 Å². The summed E-state index contributed by atoms with van der Waals surface area (Å²) in [5.41, 5.74) is 5.36. The van der Waals surface area contributed by atoms with E-state index in [1.54, 1.807) is 0 Å². The van der Waals surface area contributed by atoms with Crippen LogP contribution in [-0.4, -0.2) is 16.1 Å². The average Bonchev–Trinajstić information content (AvgIpc) is 3.34. The third kappa shape index (κ3) is 13.4. The van der Waals surface area contributed by atoms with Gasteiger partial charge in [-0.2, -0.15) is 11.6 Å². The smallest absolute Gasteiger partial charge is 0.119 e. The van der Waals surface area contributed by atoms with Crippen molar-refractivity contribution in [3.63, 3.8) is 0 Å². The van der Waals surface area contributed by atoms with Gasteiger partial charge < -0.3 is 4.74 Å². The van der Waals surface area contributed by atoms with Crippen LogP contribution in [0, 0.1) is 11.5 Å². The standard InChI is InChI=1S/C19H20O.C9H13.C2H7Si.Ti/c1-3-16(2)14-18(17-10-6-4-7-11-17)15-20-19-12-8-5-9-13-19;1-9(2,3)8-6-4-5-7-8;1-3-2;/h3-14H,15H2,1-2H3;6-7H,4H2,1-3H3;3H,1-2H3;/q;-1;;. The number of para-hydroxylation sites is 1. The molecule has 0 heterocycles. The molecule has 0 N–H and O–H groups in total. The van der Waals surface area contributed by atoms with E-state index in [1.807, 2.05) is 43.3 Å². The molecule has 0 fully saturated rings. The molecule has 0 saturated heterocycles. The van der Waals surface area contributed by atoms with E-state index in [2.05, 4.69) is 95.4 Å². The van der Waals surface area contributed by atoms with E-state index >= 15 is 0 Å². The van der Waals surface area contributed by atoms with Crippen LogP contribution in [0.2, 0.25) is 13.1 Å². The van der Waals surface area contributed by atoms with Crippen molar-refractivity contribution in [2.45, 2.75) is 54.1 Å². The molecule has 2 aromatic rings. The van der Waals surface area contributed by atoms with Gasteiger partial charge in [0.05, 0.1) is 0 Å². The molecular formula is C30H40OSiTi-. The Morgan fingerprint density at radius 2 is 1.55 bits per heavy atom. The summed E-state index contributed by atoms with van der Waals surface area (Å²) in [5, 5.41) is 0. The number of ether oxygens (including phenoxy) is 1. The molecule has 0 aromatic heterocycles. The number of hydrogen-bond acceptors (Lipinski definition) is 1. The number of hydrogen-bond donors (Lipinski definition) is 0. The largest absolute Gasteiger partial charge is 0.489 e. The number of benzene rings is 2. The van der Waals surface area contributed by atoms with Gasteiger partial charge in [0.15, 0.2) is 0 Å². The van der Waals surface area contributed by atoms with Crippen molar-refractivity contribution >= 4 is 15.1 Å². The maximum absolute atomic E-state index is 5.87. The summed E-state index contributed by atoms with van der Waals surface area (Å²) in [6.07, 6.45) is 12.8. The minimum atomic E-state index is 0. The maximum Gasteiger partial charge on any atom is 0.119 e. The molecule has 3 rings (SSSR count). The van der Waals surface area contributed by atoms with Gasteiger partial charge in [-0.05, 0) is 37.1 Å². The third-order valence-electron chi connectivity index (χ3n) is 4.70. The van der Waals surface area contributed by atoms with E-state index in [4.69, 9.17) is 4.74 Å². The molecule has 0 bridgehead atoms. The van der Waals surface area contributed by atoms with Crippen molar-refractivity contribution in [3.8, 4) is 5.75 Å². The van der Waals surface area contributed by atoms with Gasteiger partial charge in [-0.1, -0.05) is 106 Å². The summed E-state index contributed by atoms with van der Waals surface area (Å²) in [6.45, 7) is 15.8. The van der Waals surface area contributed by atoms with Gasteiger partial charge in [0.1, 0.15) is 12.4 Å². The molecule has 33 heavy (non-hydrogen) atoms. The van der Waals surface area contributed by atoms with Crippen LogP contribution in [0.4, 0.5) is 0 Å². The van der Waals surface area contributed by atoms with Crippen molar-refractivity contribution in [2.75, 3.05) is 6.61 Å². The molecule has 0 spiro atoms. The van der Waals surface area contributed by atoms with Gasteiger partial charge in [0.25, 0.3) is 0 Å². The molecule has 0 amide bonds. The Balaban J connectivity index is 0.000000658. The van der Waals surface area contributed by atoms with Crippen LogP contribution in [0.3, 0.4) is 0 Å². The molecule has 0 atom stereocenters. The second kappa shape index (κ2) is 17.6.